The van der Waals surface area contributed by atoms with E-state index in [1.807, 2.05) is 6.07 Å². The van der Waals surface area contributed by atoms with Gasteiger partial charge in [-0.05, 0) is 25.8 Å². The third-order valence-electron chi connectivity index (χ3n) is 3.32. The van der Waals surface area contributed by atoms with Crippen LogP contribution in [0.4, 0.5) is 4.39 Å². The molecule has 1 fully saturated rings. The van der Waals surface area contributed by atoms with Crippen molar-refractivity contribution in [1.29, 1.82) is 0 Å². The predicted octanol–water partition coefficient (Wildman–Crippen LogP) is 2.60. The van der Waals surface area contributed by atoms with Gasteiger partial charge in [0, 0.05) is 32.2 Å². The summed E-state index contributed by atoms with van der Waals surface area (Å²) in [5, 5.41) is 3.41. The Morgan fingerprint density at radius 1 is 1.33 bits per heavy atom. The van der Waals surface area contributed by atoms with Gasteiger partial charge in [-0.1, -0.05) is 30.3 Å². The highest BCUT2D eigenvalue weighted by Crippen LogP contribution is 2.18. The van der Waals surface area contributed by atoms with Crippen LogP contribution in [0.3, 0.4) is 0 Å². The number of halogens is 1. The average Bonchev–Trinajstić information content (AvgIpc) is 2.28. The Morgan fingerprint density at radius 3 is 2.72 bits per heavy atom. The van der Waals surface area contributed by atoms with E-state index in [2.05, 4.69) is 34.5 Å². The second kappa shape index (κ2) is 5.81. The molecule has 0 bridgehead atoms. The zero-order chi connectivity index (χ0) is 13.0. The molecular weight excluding hydrogens is 227 g/mol. The van der Waals surface area contributed by atoms with Gasteiger partial charge in [-0.3, -0.25) is 4.90 Å². The van der Waals surface area contributed by atoms with Crippen LogP contribution < -0.4 is 5.32 Å². The molecule has 1 N–H and O–H groups in total. The van der Waals surface area contributed by atoms with E-state index in [0.29, 0.717) is 6.42 Å². The highest BCUT2D eigenvalue weighted by molar-refractivity contribution is 5.14. The van der Waals surface area contributed by atoms with Crippen LogP contribution in [-0.4, -0.2) is 36.2 Å². The molecular formula is C15H23FN2. The Balaban J connectivity index is 1.87. The molecule has 0 aliphatic carbocycles. The summed E-state index contributed by atoms with van der Waals surface area (Å²) in [4.78, 5) is 2.41. The number of nitrogens with zero attached hydrogens (tertiary/aromatic N) is 1. The number of rotatable bonds is 4. The maximum Gasteiger partial charge on any atom is 0.107 e. The molecule has 1 saturated heterocycles. The lowest BCUT2D eigenvalue weighted by Crippen LogP contribution is -2.51. The van der Waals surface area contributed by atoms with E-state index in [1.54, 1.807) is 13.8 Å². The molecule has 0 aromatic heterocycles. The van der Waals surface area contributed by atoms with Gasteiger partial charge in [0.1, 0.15) is 5.67 Å². The smallest absolute Gasteiger partial charge is 0.107 e. The van der Waals surface area contributed by atoms with Gasteiger partial charge >= 0.3 is 0 Å². The molecule has 0 spiro atoms. The summed E-state index contributed by atoms with van der Waals surface area (Å²) in [7, 11) is 0. The molecule has 0 radical (unpaired) electrons. The molecule has 1 aliphatic rings. The summed E-state index contributed by atoms with van der Waals surface area (Å²) in [5.74, 6) is 0. The van der Waals surface area contributed by atoms with E-state index < -0.39 is 5.67 Å². The van der Waals surface area contributed by atoms with Crippen LogP contribution in [0.25, 0.3) is 0 Å². The molecule has 100 valence electrons. The minimum absolute atomic E-state index is 0.266. The summed E-state index contributed by atoms with van der Waals surface area (Å²) in [6.07, 6.45) is 0.582. The van der Waals surface area contributed by atoms with E-state index in [0.717, 1.165) is 26.2 Å². The molecule has 2 rings (SSSR count). The minimum atomic E-state index is -1.09. The molecule has 1 atom stereocenters. The predicted molar refractivity (Wildman–Crippen MR) is 73.3 cm³/mol. The summed E-state index contributed by atoms with van der Waals surface area (Å²) in [5.41, 5.74) is 0.241. The van der Waals surface area contributed by atoms with E-state index >= 15 is 0 Å². The van der Waals surface area contributed by atoms with Crippen molar-refractivity contribution in [3.05, 3.63) is 35.9 Å². The first-order valence-corrected chi connectivity index (χ1v) is 6.71. The molecule has 1 aliphatic heterocycles. The Kier molecular flexibility index (Phi) is 4.36. The highest BCUT2D eigenvalue weighted by atomic mass is 19.1. The van der Waals surface area contributed by atoms with Crippen molar-refractivity contribution < 1.29 is 4.39 Å². The molecule has 1 aromatic carbocycles. The lowest BCUT2D eigenvalue weighted by Gasteiger charge is -2.35. The van der Waals surface area contributed by atoms with Gasteiger partial charge in [0.15, 0.2) is 0 Å². The standard InChI is InChI=1S/C15H23FN2/c1-15(2,16)10-14-12-18(9-8-17-14)11-13-6-4-3-5-7-13/h3-7,14,17H,8-12H2,1-2H3. The van der Waals surface area contributed by atoms with Crippen molar-refractivity contribution in [3.63, 3.8) is 0 Å². The molecule has 1 heterocycles. The van der Waals surface area contributed by atoms with Crippen molar-refractivity contribution in [2.45, 2.75) is 38.5 Å². The zero-order valence-electron chi connectivity index (χ0n) is 11.3. The van der Waals surface area contributed by atoms with E-state index in [1.165, 1.54) is 5.56 Å². The zero-order valence-corrected chi connectivity index (χ0v) is 11.3. The second-order valence-electron chi connectivity index (χ2n) is 5.79. The van der Waals surface area contributed by atoms with E-state index in [-0.39, 0.29) is 6.04 Å². The fraction of sp³-hybridized carbons (Fsp3) is 0.600. The van der Waals surface area contributed by atoms with Gasteiger partial charge in [-0.2, -0.15) is 0 Å². The number of piperazine rings is 1. The lowest BCUT2D eigenvalue weighted by molar-refractivity contribution is 0.128. The Hall–Kier alpha value is -0.930. The van der Waals surface area contributed by atoms with Crippen molar-refractivity contribution >= 4 is 0 Å². The van der Waals surface area contributed by atoms with Crippen LogP contribution in [0.5, 0.6) is 0 Å². The first-order chi connectivity index (χ1) is 8.53. The SMILES string of the molecule is CC(C)(F)CC1CN(Cc2ccccc2)CCN1. The highest BCUT2D eigenvalue weighted by Gasteiger charge is 2.26. The number of alkyl halides is 1. The van der Waals surface area contributed by atoms with E-state index in [9.17, 15) is 4.39 Å². The summed E-state index contributed by atoms with van der Waals surface area (Å²) < 4.78 is 13.7. The van der Waals surface area contributed by atoms with Crippen molar-refractivity contribution in [2.75, 3.05) is 19.6 Å². The third kappa shape index (κ3) is 4.39. The largest absolute Gasteiger partial charge is 0.311 e. The van der Waals surface area contributed by atoms with Crippen molar-refractivity contribution in [2.24, 2.45) is 0 Å². The molecule has 3 heteroatoms. The molecule has 18 heavy (non-hydrogen) atoms. The van der Waals surface area contributed by atoms with Gasteiger partial charge in [0.25, 0.3) is 0 Å². The van der Waals surface area contributed by atoms with Crippen LogP contribution >= 0.6 is 0 Å². The molecule has 1 unspecified atom stereocenters. The van der Waals surface area contributed by atoms with E-state index in [4.69, 9.17) is 0 Å². The Bertz CT molecular complexity index is 359. The van der Waals surface area contributed by atoms with Gasteiger partial charge in [0.05, 0.1) is 0 Å². The van der Waals surface area contributed by atoms with Crippen LogP contribution in [-0.2, 0) is 6.54 Å². The van der Waals surface area contributed by atoms with Gasteiger partial charge in [-0.25, -0.2) is 4.39 Å². The van der Waals surface area contributed by atoms with Gasteiger partial charge in [-0.15, -0.1) is 0 Å². The van der Waals surface area contributed by atoms with Crippen LogP contribution in [0.1, 0.15) is 25.8 Å². The van der Waals surface area contributed by atoms with Crippen molar-refractivity contribution in [3.8, 4) is 0 Å². The first-order valence-electron chi connectivity index (χ1n) is 6.71. The molecule has 0 saturated carbocycles. The maximum atomic E-state index is 13.7. The quantitative estimate of drug-likeness (QED) is 0.883. The molecule has 1 aromatic rings. The lowest BCUT2D eigenvalue weighted by atomic mass is 9.99. The second-order valence-corrected chi connectivity index (χ2v) is 5.79. The van der Waals surface area contributed by atoms with Crippen LogP contribution in [0, 0.1) is 0 Å². The third-order valence-corrected chi connectivity index (χ3v) is 3.32. The number of hydrogen-bond donors (Lipinski definition) is 1. The Labute approximate surface area is 109 Å². The summed E-state index contributed by atoms with van der Waals surface area (Å²) in [6, 6.07) is 10.7. The molecule has 2 nitrogen and oxygen atoms in total. The normalized spacial score (nSPS) is 22.1. The monoisotopic (exact) mass is 250 g/mol. The van der Waals surface area contributed by atoms with Crippen LogP contribution in [0.2, 0.25) is 0 Å². The summed E-state index contributed by atoms with van der Waals surface area (Å²) >= 11 is 0. The fourth-order valence-electron chi connectivity index (χ4n) is 2.60. The van der Waals surface area contributed by atoms with Gasteiger partial charge < -0.3 is 5.32 Å². The minimum Gasteiger partial charge on any atom is -0.311 e. The number of hydrogen-bond acceptors (Lipinski definition) is 2. The topological polar surface area (TPSA) is 15.3 Å². The summed E-state index contributed by atoms with van der Waals surface area (Å²) in [6.45, 7) is 7.20. The van der Waals surface area contributed by atoms with Gasteiger partial charge in [0.2, 0.25) is 0 Å². The average molecular weight is 250 g/mol. The van der Waals surface area contributed by atoms with Crippen LogP contribution in [0.15, 0.2) is 30.3 Å². The van der Waals surface area contributed by atoms with Crippen molar-refractivity contribution in [1.82, 2.24) is 10.2 Å². The fourth-order valence-corrected chi connectivity index (χ4v) is 2.60. The maximum absolute atomic E-state index is 13.7. The Morgan fingerprint density at radius 2 is 2.06 bits per heavy atom. The number of nitrogens with one attached hydrogen (secondary N) is 1. The molecule has 0 amide bonds. The number of benzene rings is 1. The first kappa shape index (κ1) is 13.5.